The third-order valence-corrected chi connectivity index (χ3v) is 3.18. The van der Waals surface area contributed by atoms with Crippen LogP contribution >= 0.6 is 15.9 Å². The number of nitrogens with one attached hydrogen (secondary N) is 1. The van der Waals surface area contributed by atoms with Crippen LogP contribution in [-0.4, -0.2) is 30.6 Å². The maximum atomic E-state index is 13.1. The van der Waals surface area contributed by atoms with Crippen molar-refractivity contribution in [2.24, 2.45) is 0 Å². The molecule has 1 N–H and O–H groups in total. The fourth-order valence-electron chi connectivity index (χ4n) is 1.55. The molecule has 0 aliphatic carbocycles. The van der Waals surface area contributed by atoms with Crippen LogP contribution in [0.2, 0.25) is 0 Å². The van der Waals surface area contributed by atoms with E-state index in [1.165, 1.54) is 0 Å². The van der Waals surface area contributed by atoms with Crippen molar-refractivity contribution in [2.45, 2.75) is 12.3 Å². The van der Waals surface area contributed by atoms with Crippen molar-refractivity contribution >= 4 is 33.3 Å². The smallest absolute Gasteiger partial charge is 0.368 e. The average Bonchev–Trinajstić information content (AvgIpc) is 2.36. The maximum Gasteiger partial charge on any atom is 0.368 e. The van der Waals surface area contributed by atoms with Gasteiger partial charge in [0.2, 0.25) is 5.78 Å². The van der Waals surface area contributed by atoms with Crippen molar-refractivity contribution in [1.82, 2.24) is 0 Å². The van der Waals surface area contributed by atoms with E-state index in [1.54, 1.807) is 0 Å². The average molecular weight is 356 g/mol. The first kappa shape index (κ1) is 14.8. The van der Waals surface area contributed by atoms with Crippen molar-refractivity contribution in [3.05, 3.63) is 22.2 Å². The summed E-state index contributed by atoms with van der Waals surface area (Å²) in [5, 5.41) is 2.39. The summed E-state index contributed by atoms with van der Waals surface area (Å²) in [7, 11) is 0. The van der Waals surface area contributed by atoms with Crippen molar-refractivity contribution in [2.75, 3.05) is 11.9 Å². The zero-order chi connectivity index (χ0) is 15.1. The lowest BCUT2D eigenvalue weighted by atomic mass is 10.0. The molecule has 1 aromatic rings. The van der Waals surface area contributed by atoms with E-state index in [4.69, 9.17) is 4.74 Å². The van der Waals surface area contributed by atoms with E-state index in [2.05, 4.69) is 21.2 Å². The molecule has 9 heteroatoms. The molecule has 0 atom stereocenters. The van der Waals surface area contributed by atoms with Gasteiger partial charge in [-0.2, -0.15) is 8.78 Å². The van der Waals surface area contributed by atoms with Crippen LogP contribution in [0.15, 0.2) is 16.6 Å². The third-order valence-electron chi connectivity index (χ3n) is 2.52. The zero-order valence-electron chi connectivity index (χ0n) is 9.55. The SMILES string of the molecule is O=C1COc2cc(C(=O)C(F)(F)C(F)F)c(Br)cc2N1. The van der Waals surface area contributed by atoms with E-state index in [0.29, 0.717) is 0 Å². The molecule has 2 rings (SSSR count). The van der Waals surface area contributed by atoms with E-state index in [9.17, 15) is 27.2 Å². The molecule has 108 valence electrons. The van der Waals surface area contributed by atoms with Gasteiger partial charge in [-0.05, 0) is 28.1 Å². The standard InChI is InChI=1S/C11H6BrF4NO3/c12-5-2-6-7(20-3-8(18)17-6)1-4(5)9(19)11(15,16)10(13)14/h1-2,10H,3H2,(H,17,18). The molecule has 0 bridgehead atoms. The molecule has 0 spiro atoms. The molecule has 0 saturated carbocycles. The molecule has 1 heterocycles. The number of fused-ring (bicyclic) bond motifs is 1. The number of halogens is 5. The molecule has 1 aliphatic rings. The molecular formula is C11H6BrF4NO3. The van der Waals surface area contributed by atoms with Crippen molar-refractivity contribution in [1.29, 1.82) is 0 Å². The number of anilines is 1. The summed E-state index contributed by atoms with van der Waals surface area (Å²) in [4.78, 5) is 22.5. The molecule has 1 aromatic carbocycles. The Labute approximate surface area is 118 Å². The Balaban J connectivity index is 2.44. The van der Waals surface area contributed by atoms with Crippen molar-refractivity contribution < 1.29 is 31.9 Å². The van der Waals surface area contributed by atoms with Gasteiger partial charge in [0.25, 0.3) is 5.91 Å². The lowest BCUT2D eigenvalue weighted by Crippen LogP contribution is -2.37. The van der Waals surface area contributed by atoms with E-state index in [0.717, 1.165) is 12.1 Å². The van der Waals surface area contributed by atoms with Gasteiger partial charge in [0, 0.05) is 10.0 Å². The highest BCUT2D eigenvalue weighted by Gasteiger charge is 2.49. The van der Waals surface area contributed by atoms with Gasteiger partial charge in [-0.15, -0.1) is 0 Å². The van der Waals surface area contributed by atoms with Gasteiger partial charge in [-0.1, -0.05) is 0 Å². The molecule has 4 nitrogen and oxygen atoms in total. The van der Waals surface area contributed by atoms with Crippen LogP contribution in [0.3, 0.4) is 0 Å². The number of hydrogen-bond acceptors (Lipinski definition) is 3. The Kier molecular flexibility index (Phi) is 3.72. The molecule has 1 amide bonds. The van der Waals surface area contributed by atoms with Crippen LogP contribution in [0.25, 0.3) is 0 Å². The fourth-order valence-corrected chi connectivity index (χ4v) is 2.08. The lowest BCUT2D eigenvalue weighted by Gasteiger charge is -2.20. The topological polar surface area (TPSA) is 55.4 Å². The van der Waals surface area contributed by atoms with Gasteiger partial charge in [-0.25, -0.2) is 8.78 Å². The normalized spacial score (nSPS) is 14.6. The molecule has 0 fully saturated rings. The van der Waals surface area contributed by atoms with Gasteiger partial charge >= 0.3 is 12.3 Å². The van der Waals surface area contributed by atoms with Gasteiger partial charge in [0.15, 0.2) is 6.61 Å². The van der Waals surface area contributed by atoms with E-state index in [1.807, 2.05) is 0 Å². The Hall–Kier alpha value is -1.64. The first-order chi connectivity index (χ1) is 9.23. The van der Waals surface area contributed by atoms with Gasteiger partial charge < -0.3 is 10.1 Å². The van der Waals surface area contributed by atoms with Crippen LogP contribution in [0.5, 0.6) is 5.75 Å². The number of ketones is 1. The van der Waals surface area contributed by atoms with Crippen molar-refractivity contribution in [3.63, 3.8) is 0 Å². The minimum absolute atomic E-state index is 0.0405. The van der Waals surface area contributed by atoms with Crippen LogP contribution in [0.1, 0.15) is 10.4 Å². The van der Waals surface area contributed by atoms with Crippen LogP contribution in [0, 0.1) is 0 Å². The summed E-state index contributed by atoms with van der Waals surface area (Å²) < 4.78 is 55.3. The van der Waals surface area contributed by atoms with Gasteiger partial charge in [0.1, 0.15) is 5.75 Å². The highest BCUT2D eigenvalue weighted by Crippen LogP contribution is 2.37. The van der Waals surface area contributed by atoms with Crippen LogP contribution in [0.4, 0.5) is 23.2 Å². The van der Waals surface area contributed by atoms with E-state index in [-0.39, 0.29) is 22.5 Å². The molecule has 0 saturated heterocycles. The van der Waals surface area contributed by atoms with Crippen LogP contribution < -0.4 is 10.1 Å². The Morgan fingerprint density at radius 2 is 2.05 bits per heavy atom. The largest absolute Gasteiger partial charge is 0.482 e. The van der Waals surface area contributed by atoms with E-state index >= 15 is 0 Å². The number of Topliss-reactive ketones (excluding diaryl/α,β-unsaturated/α-hetero) is 1. The molecule has 20 heavy (non-hydrogen) atoms. The third kappa shape index (κ3) is 2.49. The summed E-state index contributed by atoms with van der Waals surface area (Å²) in [6.07, 6.45) is -4.11. The number of hydrogen-bond donors (Lipinski definition) is 1. The second-order valence-corrected chi connectivity index (χ2v) is 4.77. The molecule has 0 radical (unpaired) electrons. The maximum absolute atomic E-state index is 13.1. The predicted molar refractivity (Wildman–Crippen MR) is 63.5 cm³/mol. The Morgan fingerprint density at radius 3 is 2.65 bits per heavy atom. The van der Waals surface area contributed by atoms with Crippen LogP contribution in [-0.2, 0) is 4.79 Å². The van der Waals surface area contributed by atoms with Crippen molar-refractivity contribution in [3.8, 4) is 5.75 Å². The predicted octanol–water partition coefficient (Wildman–Crippen LogP) is 2.86. The first-order valence-electron chi connectivity index (χ1n) is 5.20. The quantitative estimate of drug-likeness (QED) is 0.670. The highest BCUT2D eigenvalue weighted by molar-refractivity contribution is 9.10. The second kappa shape index (κ2) is 5.04. The Morgan fingerprint density at radius 1 is 1.40 bits per heavy atom. The number of rotatable bonds is 3. The Bertz CT molecular complexity index is 591. The highest BCUT2D eigenvalue weighted by atomic mass is 79.9. The zero-order valence-corrected chi connectivity index (χ0v) is 11.1. The minimum atomic E-state index is -4.80. The number of ether oxygens (including phenoxy) is 1. The number of alkyl halides is 4. The first-order valence-corrected chi connectivity index (χ1v) is 5.99. The minimum Gasteiger partial charge on any atom is -0.482 e. The number of carbonyl (C=O) groups excluding carboxylic acids is 2. The lowest BCUT2D eigenvalue weighted by molar-refractivity contribution is -0.118. The molecule has 1 aliphatic heterocycles. The fraction of sp³-hybridized carbons (Fsp3) is 0.273. The monoisotopic (exact) mass is 355 g/mol. The summed E-state index contributed by atoms with van der Waals surface area (Å²) in [5.74, 6) is -7.32. The summed E-state index contributed by atoms with van der Waals surface area (Å²) >= 11 is 2.83. The number of benzene rings is 1. The summed E-state index contributed by atoms with van der Waals surface area (Å²) in [6, 6.07) is 2.03. The van der Waals surface area contributed by atoms with Gasteiger partial charge in [-0.3, -0.25) is 9.59 Å². The molecule has 0 aromatic heterocycles. The summed E-state index contributed by atoms with van der Waals surface area (Å²) in [5.41, 5.74) is -0.491. The number of carbonyl (C=O) groups is 2. The molecule has 0 unspecified atom stereocenters. The summed E-state index contributed by atoms with van der Waals surface area (Å²) in [6.45, 7) is -0.354. The second-order valence-electron chi connectivity index (χ2n) is 3.92. The number of amides is 1. The van der Waals surface area contributed by atoms with E-state index < -0.39 is 29.6 Å². The van der Waals surface area contributed by atoms with Gasteiger partial charge in [0.05, 0.1) is 5.69 Å². The molecular weight excluding hydrogens is 350 g/mol.